The Morgan fingerprint density at radius 3 is 2.91 bits per heavy atom. The van der Waals surface area contributed by atoms with Crippen LogP contribution in [0.15, 0.2) is 10.3 Å². The molecule has 0 fully saturated rings. The average molecular weight is 190 g/mol. The number of hydrogen-bond acceptors (Lipinski definition) is 5. The highest BCUT2D eigenvalue weighted by Crippen LogP contribution is 2.27. The van der Waals surface area contributed by atoms with Gasteiger partial charge >= 0.3 is 0 Å². The number of carboxylic acid groups (broad SMARTS) is 1. The van der Waals surface area contributed by atoms with Gasteiger partial charge in [0.2, 0.25) is 0 Å². The van der Waals surface area contributed by atoms with Gasteiger partial charge in [-0.25, -0.2) is 0 Å². The van der Waals surface area contributed by atoms with Gasteiger partial charge in [-0.15, -0.1) is 23.5 Å². The van der Waals surface area contributed by atoms with Gasteiger partial charge in [0, 0.05) is 16.4 Å². The van der Waals surface area contributed by atoms with Crippen molar-refractivity contribution in [1.82, 2.24) is 0 Å². The quantitative estimate of drug-likeness (QED) is 0.629. The summed E-state index contributed by atoms with van der Waals surface area (Å²) in [6, 6.07) is -0.937. The Hall–Kier alpha value is -0.130. The van der Waals surface area contributed by atoms with Gasteiger partial charge in [-0.05, 0) is 5.41 Å². The van der Waals surface area contributed by atoms with E-state index in [9.17, 15) is 9.90 Å². The van der Waals surface area contributed by atoms with Crippen LogP contribution in [-0.2, 0) is 4.79 Å². The van der Waals surface area contributed by atoms with E-state index >= 15 is 0 Å². The van der Waals surface area contributed by atoms with Crippen molar-refractivity contribution in [3.05, 3.63) is 10.3 Å². The van der Waals surface area contributed by atoms with E-state index in [1.54, 1.807) is 17.2 Å². The van der Waals surface area contributed by atoms with Gasteiger partial charge in [-0.3, -0.25) is 0 Å². The molecular formula is C6H8NO2S2-. The lowest BCUT2D eigenvalue weighted by atomic mass is 10.3. The summed E-state index contributed by atoms with van der Waals surface area (Å²) in [5, 5.41) is 12.1. The largest absolute Gasteiger partial charge is 0.548 e. The Bertz CT molecular complexity index is 193. The standard InChI is InChI=1S/C6H9NO2S2/c7-5(6(8)9)4-3-10-1-2-11-4/h3,5H,1-2,7H2,(H,8,9)/p-1. The number of carbonyl (C=O) groups excluding carboxylic acids is 1. The number of nitrogens with two attached hydrogens (primary N) is 1. The van der Waals surface area contributed by atoms with E-state index in [4.69, 9.17) is 5.73 Å². The van der Waals surface area contributed by atoms with E-state index in [0.29, 0.717) is 4.91 Å². The molecule has 1 unspecified atom stereocenters. The summed E-state index contributed by atoms with van der Waals surface area (Å²) in [4.78, 5) is 11.0. The zero-order valence-corrected chi connectivity index (χ0v) is 7.41. The van der Waals surface area contributed by atoms with E-state index in [-0.39, 0.29) is 0 Å². The predicted octanol–water partition coefficient (Wildman–Crippen LogP) is -0.615. The lowest BCUT2D eigenvalue weighted by Crippen LogP contribution is -2.42. The molecule has 1 atom stereocenters. The third-order valence-corrected chi connectivity index (χ3v) is 3.61. The Balaban J connectivity index is 2.58. The molecule has 62 valence electrons. The SMILES string of the molecule is NC(C(=O)[O-])C1=CSCCS1. The summed E-state index contributed by atoms with van der Waals surface area (Å²) in [7, 11) is 0. The van der Waals surface area contributed by atoms with Crippen LogP contribution < -0.4 is 10.8 Å². The molecule has 1 aliphatic heterocycles. The first-order valence-electron chi connectivity index (χ1n) is 3.12. The Labute approximate surface area is 73.4 Å². The number of thioether (sulfide) groups is 2. The minimum Gasteiger partial charge on any atom is -0.548 e. The van der Waals surface area contributed by atoms with E-state index in [0.717, 1.165) is 11.5 Å². The molecule has 1 aliphatic rings. The first-order chi connectivity index (χ1) is 5.22. The lowest BCUT2D eigenvalue weighted by Gasteiger charge is -2.18. The molecule has 5 heteroatoms. The maximum atomic E-state index is 10.3. The number of hydrogen-bond donors (Lipinski definition) is 1. The van der Waals surface area contributed by atoms with Crippen molar-refractivity contribution >= 4 is 29.5 Å². The first-order valence-corrected chi connectivity index (χ1v) is 5.16. The van der Waals surface area contributed by atoms with Crippen LogP contribution in [0, 0.1) is 0 Å². The van der Waals surface area contributed by atoms with Crippen molar-refractivity contribution < 1.29 is 9.90 Å². The summed E-state index contributed by atoms with van der Waals surface area (Å²) >= 11 is 3.09. The molecule has 0 radical (unpaired) electrons. The lowest BCUT2D eigenvalue weighted by molar-refractivity contribution is -0.306. The molecule has 0 aromatic heterocycles. The topological polar surface area (TPSA) is 66.2 Å². The monoisotopic (exact) mass is 190 g/mol. The van der Waals surface area contributed by atoms with Gasteiger partial charge in [0.25, 0.3) is 0 Å². The summed E-state index contributed by atoms with van der Waals surface area (Å²) in [6.45, 7) is 0. The molecule has 2 N–H and O–H groups in total. The van der Waals surface area contributed by atoms with Gasteiger partial charge in [0.05, 0.1) is 12.0 Å². The van der Waals surface area contributed by atoms with Gasteiger partial charge in [-0.1, -0.05) is 0 Å². The minimum absolute atomic E-state index is 0.709. The molecule has 11 heavy (non-hydrogen) atoms. The highest BCUT2D eigenvalue weighted by molar-refractivity contribution is 8.09. The van der Waals surface area contributed by atoms with E-state index < -0.39 is 12.0 Å². The fourth-order valence-corrected chi connectivity index (χ4v) is 2.80. The van der Waals surface area contributed by atoms with E-state index in [2.05, 4.69) is 0 Å². The molecule has 1 heterocycles. The smallest absolute Gasteiger partial charge is 0.0763 e. The van der Waals surface area contributed by atoms with Crippen LogP contribution in [-0.4, -0.2) is 23.5 Å². The highest BCUT2D eigenvalue weighted by Gasteiger charge is 2.13. The fourth-order valence-electron chi connectivity index (χ4n) is 0.662. The number of rotatable bonds is 2. The van der Waals surface area contributed by atoms with E-state index in [1.807, 2.05) is 0 Å². The fraction of sp³-hybridized carbons (Fsp3) is 0.500. The zero-order chi connectivity index (χ0) is 8.27. The third-order valence-electron chi connectivity index (χ3n) is 1.23. The van der Waals surface area contributed by atoms with Crippen molar-refractivity contribution in [3.8, 4) is 0 Å². The van der Waals surface area contributed by atoms with Crippen LogP contribution in [0.25, 0.3) is 0 Å². The maximum Gasteiger partial charge on any atom is 0.0763 e. The molecule has 0 saturated heterocycles. The molecule has 0 aromatic carbocycles. The van der Waals surface area contributed by atoms with Gasteiger partial charge < -0.3 is 15.6 Å². The second kappa shape index (κ2) is 4.04. The predicted molar refractivity (Wildman–Crippen MR) is 46.0 cm³/mol. The maximum absolute atomic E-state index is 10.3. The molecule has 0 saturated carbocycles. The minimum atomic E-state index is -1.20. The number of carbonyl (C=O) groups is 1. The second-order valence-corrected chi connectivity index (χ2v) is 4.18. The highest BCUT2D eigenvalue weighted by atomic mass is 32.2. The summed E-state index contributed by atoms with van der Waals surface area (Å²) < 4.78 is 0. The number of carboxylic acids is 1. The average Bonchev–Trinajstić information content (AvgIpc) is 2.05. The van der Waals surface area contributed by atoms with Gasteiger partial charge in [-0.2, -0.15) is 0 Å². The van der Waals surface area contributed by atoms with Crippen LogP contribution in [0.2, 0.25) is 0 Å². The second-order valence-electron chi connectivity index (χ2n) is 2.04. The summed E-state index contributed by atoms with van der Waals surface area (Å²) in [6.07, 6.45) is 0. The molecular weight excluding hydrogens is 182 g/mol. The van der Waals surface area contributed by atoms with Crippen LogP contribution in [0.4, 0.5) is 0 Å². The van der Waals surface area contributed by atoms with Crippen LogP contribution in [0.3, 0.4) is 0 Å². The summed E-state index contributed by atoms with van der Waals surface area (Å²) in [5.74, 6) is 0.747. The molecule has 0 bridgehead atoms. The van der Waals surface area contributed by atoms with Gasteiger partial charge in [0.1, 0.15) is 0 Å². The Kier molecular flexibility index (Phi) is 3.29. The molecule has 0 aromatic rings. The normalized spacial score (nSPS) is 20.6. The van der Waals surface area contributed by atoms with Crippen LogP contribution >= 0.6 is 23.5 Å². The van der Waals surface area contributed by atoms with Crippen LogP contribution in [0.1, 0.15) is 0 Å². The molecule has 1 rings (SSSR count). The van der Waals surface area contributed by atoms with Crippen molar-refractivity contribution in [2.45, 2.75) is 6.04 Å². The van der Waals surface area contributed by atoms with Crippen molar-refractivity contribution in [3.63, 3.8) is 0 Å². The molecule has 3 nitrogen and oxygen atoms in total. The first kappa shape index (κ1) is 8.96. The van der Waals surface area contributed by atoms with E-state index in [1.165, 1.54) is 11.8 Å². The van der Waals surface area contributed by atoms with Crippen molar-refractivity contribution in [1.29, 1.82) is 0 Å². The molecule has 0 amide bonds. The van der Waals surface area contributed by atoms with Crippen molar-refractivity contribution in [2.24, 2.45) is 5.73 Å². The Morgan fingerprint density at radius 2 is 2.45 bits per heavy atom. The third kappa shape index (κ3) is 2.43. The van der Waals surface area contributed by atoms with Crippen molar-refractivity contribution in [2.75, 3.05) is 11.5 Å². The molecule has 0 spiro atoms. The van der Waals surface area contributed by atoms with Gasteiger partial charge in [0.15, 0.2) is 0 Å². The number of aliphatic carboxylic acids is 1. The summed E-state index contributed by atoms with van der Waals surface area (Å²) in [5.41, 5.74) is 5.33. The Morgan fingerprint density at radius 1 is 1.73 bits per heavy atom. The zero-order valence-electron chi connectivity index (χ0n) is 5.78. The molecule has 0 aliphatic carbocycles. The van der Waals surface area contributed by atoms with Crippen LogP contribution in [0.5, 0.6) is 0 Å².